The van der Waals surface area contributed by atoms with Gasteiger partial charge in [0.15, 0.2) is 0 Å². The zero-order chi connectivity index (χ0) is 12.5. The van der Waals surface area contributed by atoms with E-state index in [1.807, 2.05) is 23.9 Å². The van der Waals surface area contributed by atoms with E-state index >= 15 is 0 Å². The van der Waals surface area contributed by atoms with Crippen molar-refractivity contribution in [2.45, 2.75) is 26.3 Å². The molecule has 0 aliphatic rings. The van der Waals surface area contributed by atoms with Crippen LogP contribution in [0.15, 0.2) is 24.3 Å². The summed E-state index contributed by atoms with van der Waals surface area (Å²) in [7, 11) is 1.70. The van der Waals surface area contributed by atoms with Crippen LogP contribution < -0.4 is 10.1 Å². The minimum Gasteiger partial charge on any atom is -0.497 e. The molecule has 0 aliphatic carbocycles. The average Bonchev–Trinajstić information content (AvgIpc) is 2.37. The van der Waals surface area contributed by atoms with Gasteiger partial charge in [-0.2, -0.15) is 11.8 Å². The SMILES string of the molecule is CCSCC(C)NCCc1ccc(OC)cc1. The molecule has 0 aliphatic heterocycles. The fraction of sp³-hybridized carbons (Fsp3) is 0.571. The largest absolute Gasteiger partial charge is 0.497 e. The second-order valence-electron chi connectivity index (χ2n) is 4.11. The van der Waals surface area contributed by atoms with Crippen LogP contribution in [0.3, 0.4) is 0 Å². The summed E-state index contributed by atoms with van der Waals surface area (Å²) in [5, 5.41) is 3.54. The van der Waals surface area contributed by atoms with Gasteiger partial charge >= 0.3 is 0 Å². The third kappa shape index (κ3) is 5.99. The molecule has 0 saturated carbocycles. The minimum absolute atomic E-state index is 0.596. The molecule has 0 fully saturated rings. The van der Waals surface area contributed by atoms with Gasteiger partial charge in [-0.25, -0.2) is 0 Å². The monoisotopic (exact) mass is 253 g/mol. The molecule has 1 N–H and O–H groups in total. The number of ether oxygens (including phenoxy) is 1. The lowest BCUT2D eigenvalue weighted by molar-refractivity contribution is 0.414. The van der Waals surface area contributed by atoms with Crippen LogP contribution in [0.1, 0.15) is 19.4 Å². The van der Waals surface area contributed by atoms with Crippen LogP contribution in [0.4, 0.5) is 0 Å². The Morgan fingerprint density at radius 1 is 1.29 bits per heavy atom. The summed E-state index contributed by atoms with van der Waals surface area (Å²) in [5.74, 6) is 3.32. The molecule has 0 saturated heterocycles. The molecule has 0 radical (unpaired) electrons. The van der Waals surface area contributed by atoms with Gasteiger partial charge in [0.1, 0.15) is 5.75 Å². The zero-order valence-corrected chi connectivity index (χ0v) is 11.8. The number of nitrogens with one attached hydrogen (secondary N) is 1. The molecular formula is C14H23NOS. The first-order chi connectivity index (χ1) is 8.26. The maximum absolute atomic E-state index is 5.14. The quantitative estimate of drug-likeness (QED) is 0.769. The highest BCUT2D eigenvalue weighted by molar-refractivity contribution is 7.99. The highest BCUT2D eigenvalue weighted by Gasteiger charge is 2.00. The van der Waals surface area contributed by atoms with Crippen molar-refractivity contribution < 1.29 is 4.74 Å². The topological polar surface area (TPSA) is 21.3 Å². The van der Waals surface area contributed by atoms with Crippen molar-refractivity contribution in [1.82, 2.24) is 5.32 Å². The lowest BCUT2D eigenvalue weighted by Crippen LogP contribution is -2.30. The molecule has 0 aromatic heterocycles. The van der Waals surface area contributed by atoms with Crippen molar-refractivity contribution >= 4 is 11.8 Å². The highest BCUT2D eigenvalue weighted by Crippen LogP contribution is 2.11. The van der Waals surface area contributed by atoms with E-state index in [9.17, 15) is 0 Å². The molecule has 1 rings (SSSR count). The van der Waals surface area contributed by atoms with E-state index in [4.69, 9.17) is 4.74 Å². The standard InChI is InChI=1S/C14H23NOS/c1-4-17-11-12(2)15-10-9-13-5-7-14(16-3)8-6-13/h5-8,12,15H,4,9-11H2,1-3H3. The van der Waals surface area contributed by atoms with Gasteiger partial charge in [-0.1, -0.05) is 19.1 Å². The summed E-state index contributed by atoms with van der Waals surface area (Å²) in [6.45, 7) is 5.49. The van der Waals surface area contributed by atoms with E-state index in [0.717, 1.165) is 18.7 Å². The second kappa shape index (κ2) is 8.43. The Kier molecular flexibility index (Phi) is 7.13. The molecular weight excluding hydrogens is 230 g/mol. The molecule has 96 valence electrons. The van der Waals surface area contributed by atoms with Crippen molar-refractivity contribution in [3.63, 3.8) is 0 Å². The Labute approximate surface area is 109 Å². The smallest absolute Gasteiger partial charge is 0.118 e. The molecule has 17 heavy (non-hydrogen) atoms. The van der Waals surface area contributed by atoms with Crippen molar-refractivity contribution in [3.05, 3.63) is 29.8 Å². The Hall–Kier alpha value is -0.670. The van der Waals surface area contributed by atoms with Crippen LogP contribution in [0.2, 0.25) is 0 Å². The molecule has 2 nitrogen and oxygen atoms in total. The maximum Gasteiger partial charge on any atom is 0.118 e. The van der Waals surface area contributed by atoms with Crippen LogP contribution >= 0.6 is 11.8 Å². The summed E-state index contributed by atoms with van der Waals surface area (Å²) in [6, 6.07) is 8.90. The first-order valence-corrected chi connectivity index (χ1v) is 7.35. The number of methoxy groups -OCH3 is 1. The van der Waals surface area contributed by atoms with E-state index < -0.39 is 0 Å². The van der Waals surface area contributed by atoms with Gasteiger partial charge in [0.2, 0.25) is 0 Å². The van der Waals surface area contributed by atoms with E-state index in [0.29, 0.717) is 6.04 Å². The minimum atomic E-state index is 0.596. The first-order valence-electron chi connectivity index (χ1n) is 6.20. The summed E-state index contributed by atoms with van der Waals surface area (Å²) < 4.78 is 5.14. The van der Waals surface area contributed by atoms with Crippen LogP contribution in [0.5, 0.6) is 5.75 Å². The van der Waals surface area contributed by atoms with Crippen molar-refractivity contribution in [3.8, 4) is 5.75 Å². The number of hydrogen-bond acceptors (Lipinski definition) is 3. The van der Waals surface area contributed by atoms with Crippen LogP contribution in [0.25, 0.3) is 0 Å². The molecule has 0 heterocycles. The van der Waals surface area contributed by atoms with Gasteiger partial charge in [0.05, 0.1) is 7.11 Å². The Morgan fingerprint density at radius 3 is 2.59 bits per heavy atom. The molecule has 1 aromatic rings. The van der Waals surface area contributed by atoms with Gasteiger partial charge in [-0.3, -0.25) is 0 Å². The van der Waals surface area contributed by atoms with Crippen LogP contribution in [-0.4, -0.2) is 31.2 Å². The molecule has 0 spiro atoms. The van der Waals surface area contributed by atoms with Gasteiger partial charge in [-0.05, 0) is 43.3 Å². The lowest BCUT2D eigenvalue weighted by Gasteiger charge is -2.12. The van der Waals surface area contributed by atoms with E-state index in [-0.39, 0.29) is 0 Å². The number of hydrogen-bond donors (Lipinski definition) is 1. The zero-order valence-electron chi connectivity index (χ0n) is 11.0. The summed E-state index contributed by atoms with van der Waals surface area (Å²) in [5.41, 5.74) is 1.36. The van der Waals surface area contributed by atoms with Gasteiger partial charge in [-0.15, -0.1) is 0 Å². The molecule has 1 aromatic carbocycles. The predicted octanol–water partition coefficient (Wildman–Crippen LogP) is 2.97. The maximum atomic E-state index is 5.14. The molecule has 0 bridgehead atoms. The lowest BCUT2D eigenvalue weighted by atomic mass is 10.1. The van der Waals surface area contributed by atoms with Crippen molar-refractivity contribution in [2.24, 2.45) is 0 Å². The van der Waals surface area contributed by atoms with Gasteiger partial charge in [0.25, 0.3) is 0 Å². The molecule has 0 amide bonds. The third-order valence-corrected chi connectivity index (χ3v) is 3.78. The van der Waals surface area contributed by atoms with E-state index in [1.54, 1.807) is 7.11 Å². The fourth-order valence-electron chi connectivity index (χ4n) is 1.61. The van der Waals surface area contributed by atoms with Gasteiger partial charge < -0.3 is 10.1 Å². The number of benzene rings is 1. The summed E-state index contributed by atoms with van der Waals surface area (Å²) in [4.78, 5) is 0. The highest BCUT2D eigenvalue weighted by atomic mass is 32.2. The van der Waals surface area contributed by atoms with Crippen LogP contribution in [-0.2, 0) is 6.42 Å². The summed E-state index contributed by atoms with van der Waals surface area (Å²) >= 11 is 1.99. The normalized spacial score (nSPS) is 12.4. The van der Waals surface area contributed by atoms with E-state index in [2.05, 4.69) is 31.3 Å². The molecule has 1 unspecified atom stereocenters. The van der Waals surface area contributed by atoms with Crippen molar-refractivity contribution in [1.29, 1.82) is 0 Å². The predicted molar refractivity (Wildman–Crippen MR) is 77.2 cm³/mol. The molecule has 3 heteroatoms. The number of thioether (sulfide) groups is 1. The Morgan fingerprint density at radius 2 is 2.00 bits per heavy atom. The molecule has 1 atom stereocenters. The summed E-state index contributed by atoms with van der Waals surface area (Å²) in [6.07, 6.45) is 1.07. The average molecular weight is 253 g/mol. The first kappa shape index (κ1) is 14.4. The fourth-order valence-corrected chi connectivity index (χ4v) is 2.32. The van der Waals surface area contributed by atoms with E-state index in [1.165, 1.54) is 17.1 Å². The number of rotatable bonds is 8. The van der Waals surface area contributed by atoms with Crippen molar-refractivity contribution in [2.75, 3.05) is 25.2 Å². The van der Waals surface area contributed by atoms with Gasteiger partial charge in [0, 0.05) is 11.8 Å². The Bertz CT molecular complexity index is 300. The Balaban J connectivity index is 2.21. The third-order valence-electron chi connectivity index (χ3n) is 2.64. The van der Waals surface area contributed by atoms with Crippen LogP contribution in [0, 0.1) is 0 Å². The second-order valence-corrected chi connectivity index (χ2v) is 5.43.